The number of carbonyl (C=O) groups is 1. The van der Waals surface area contributed by atoms with Gasteiger partial charge in [0.05, 0.1) is 6.42 Å². The molecule has 3 heteroatoms. The smallest absolute Gasteiger partial charge is 0.304 e. The Morgan fingerprint density at radius 1 is 1.04 bits per heavy atom. The number of rotatable bonds is 10. The normalized spacial score (nSPS) is 13.6. The first-order valence-corrected chi connectivity index (χ1v) is 9.18. The highest BCUT2D eigenvalue weighted by molar-refractivity contribution is 5.67. The Bertz CT molecular complexity index is 627. The average Bonchev–Trinajstić information content (AvgIpc) is 2.64. The van der Waals surface area contributed by atoms with E-state index in [0.29, 0.717) is 0 Å². The summed E-state index contributed by atoms with van der Waals surface area (Å²) < 4.78 is 0. The predicted molar refractivity (Wildman–Crippen MR) is 102 cm³/mol. The van der Waals surface area contributed by atoms with Crippen LogP contribution >= 0.6 is 0 Å². The number of unbranched alkanes of at least 4 members (excludes halogenated alkanes) is 1. The summed E-state index contributed by atoms with van der Waals surface area (Å²) in [5.41, 5.74) is 2.45. The molecular weight excluding hydrogens is 310 g/mol. The van der Waals surface area contributed by atoms with Crippen molar-refractivity contribution in [1.29, 1.82) is 0 Å². The van der Waals surface area contributed by atoms with E-state index in [4.69, 9.17) is 0 Å². The van der Waals surface area contributed by atoms with Crippen LogP contribution < -0.4 is 0 Å². The molecule has 25 heavy (non-hydrogen) atoms. The Labute approximate surface area is 151 Å². The third kappa shape index (κ3) is 6.02. The van der Waals surface area contributed by atoms with E-state index in [9.17, 15) is 9.90 Å². The second-order valence-electron chi connectivity index (χ2n) is 6.64. The van der Waals surface area contributed by atoms with Crippen LogP contribution in [0.5, 0.6) is 0 Å². The molecule has 2 aromatic carbocycles. The first-order valence-electron chi connectivity index (χ1n) is 9.18. The van der Waals surface area contributed by atoms with Gasteiger partial charge in [-0.25, -0.2) is 0 Å². The van der Waals surface area contributed by atoms with Crippen LogP contribution in [-0.4, -0.2) is 22.0 Å². The van der Waals surface area contributed by atoms with Crippen LogP contribution in [0.25, 0.3) is 0 Å². The number of hydrogen-bond donors (Lipinski definition) is 1. The van der Waals surface area contributed by atoms with Crippen molar-refractivity contribution in [3.05, 3.63) is 71.8 Å². The van der Waals surface area contributed by atoms with E-state index in [0.717, 1.165) is 25.8 Å². The largest absolute Gasteiger partial charge is 0.481 e. The van der Waals surface area contributed by atoms with E-state index in [1.807, 2.05) is 36.4 Å². The standard InChI is InChI=1S/C22H29NO2/c1-3-4-15-21(16-22(24)25)23(17-19-11-7-5-8-12-19)18(2)20-13-9-6-10-14-20/h5-14,18,21H,3-4,15-17H2,1-2H3,(H,24,25)/t18-,21-/m1/s1. The van der Waals surface area contributed by atoms with Gasteiger partial charge >= 0.3 is 5.97 Å². The first-order chi connectivity index (χ1) is 12.1. The van der Waals surface area contributed by atoms with Gasteiger partial charge in [0.15, 0.2) is 0 Å². The van der Waals surface area contributed by atoms with Crippen LogP contribution in [0.4, 0.5) is 0 Å². The molecule has 0 radical (unpaired) electrons. The van der Waals surface area contributed by atoms with Crippen molar-refractivity contribution in [2.24, 2.45) is 0 Å². The average molecular weight is 339 g/mol. The number of nitrogens with zero attached hydrogens (tertiary/aromatic N) is 1. The molecule has 1 N–H and O–H groups in total. The van der Waals surface area contributed by atoms with Crippen LogP contribution in [0.1, 0.15) is 56.7 Å². The molecule has 0 fully saturated rings. The monoisotopic (exact) mass is 339 g/mol. The SMILES string of the molecule is CCCC[C@H](CC(=O)O)N(Cc1ccccc1)[C@H](C)c1ccccc1. The molecule has 0 aliphatic heterocycles. The number of carboxylic acids is 1. The fourth-order valence-corrected chi connectivity index (χ4v) is 3.33. The lowest BCUT2D eigenvalue weighted by Crippen LogP contribution is -2.38. The zero-order valence-electron chi connectivity index (χ0n) is 15.3. The second kappa shape index (κ2) is 10.00. The highest BCUT2D eigenvalue weighted by atomic mass is 16.4. The minimum absolute atomic E-state index is 0.0351. The summed E-state index contributed by atoms with van der Waals surface area (Å²) in [4.78, 5) is 13.8. The van der Waals surface area contributed by atoms with Crippen molar-refractivity contribution in [3.8, 4) is 0 Å². The van der Waals surface area contributed by atoms with E-state index in [2.05, 4.69) is 43.0 Å². The van der Waals surface area contributed by atoms with Crippen molar-refractivity contribution in [2.45, 2.75) is 58.2 Å². The van der Waals surface area contributed by atoms with Crippen LogP contribution in [-0.2, 0) is 11.3 Å². The Morgan fingerprint density at radius 3 is 2.20 bits per heavy atom. The number of carboxylic acid groups (broad SMARTS) is 1. The molecule has 0 saturated carbocycles. The molecule has 0 aliphatic carbocycles. The third-order valence-corrected chi connectivity index (χ3v) is 4.76. The lowest BCUT2D eigenvalue weighted by Gasteiger charge is -2.36. The van der Waals surface area contributed by atoms with Gasteiger partial charge in [-0.3, -0.25) is 9.69 Å². The summed E-state index contributed by atoms with van der Waals surface area (Å²) in [6.45, 7) is 5.09. The number of hydrogen-bond acceptors (Lipinski definition) is 2. The Morgan fingerprint density at radius 2 is 1.64 bits per heavy atom. The van der Waals surface area contributed by atoms with Gasteiger partial charge in [0, 0.05) is 18.6 Å². The van der Waals surface area contributed by atoms with Crippen molar-refractivity contribution >= 4 is 5.97 Å². The van der Waals surface area contributed by atoms with Gasteiger partial charge in [-0.05, 0) is 24.5 Å². The lowest BCUT2D eigenvalue weighted by atomic mass is 9.98. The molecule has 134 valence electrons. The summed E-state index contributed by atoms with van der Waals surface area (Å²) in [6, 6.07) is 20.9. The van der Waals surface area contributed by atoms with E-state index >= 15 is 0 Å². The van der Waals surface area contributed by atoms with E-state index in [1.54, 1.807) is 0 Å². The molecule has 3 nitrogen and oxygen atoms in total. The van der Waals surface area contributed by atoms with E-state index < -0.39 is 5.97 Å². The summed E-state index contributed by atoms with van der Waals surface area (Å²) in [5, 5.41) is 9.42. The molecule has 0 unspecified atom stereocenters. The number of aliphatic carboxylic acids is 1. The first kappa shape index (κ1) is 19.2. The molecule has 2 aromatic rings. The van der Waals surface area contributed by atoms with Gasteiger partial charge in [-0.15, -0.1) is 0 Å². The summed E-state index contributed by atoms with van der Waals surface area (Å²) in [7, 11) is 0. The van der Waals surface area contributed by atoms with Crippen LogP contribution in [0.15, 0.2) is 60.7 Å². The molecule has 0 spiro atoms. The quantitative estimate of drug-likeness (QED) is 0.640. The van der Waals surface area contributed by atoms with E-state index in [1.165, 1.54) is 11.1 Å². The Kier molecular flexibility index (Phi) is 7.68. The van der Waals surface area contributed by atoms with E-state index in [-0.39, 0.29) is 18.5 Å². The molecule has 0 aromatic heterocycles. The summed E-state index contributed by atoms with van der Waals surface area (Å²) in [5.74, 6) is -0.723. The second-order valence-corrected chi connectivity index (χ2v) is 6.64. The van der Waals surface area contributed by atoms with Crippen LogP contribution in [0.3, 0.4) is 0 Å². The summed E-state index contributed by atoms with van der Waals surface area (Å²) in [6.07, 6.45) is 3.22. The molecule has 0 heterocycles. The molecule has 0 saturated heterocycles. The van der Waals surface area contributed by atoms with Gasteiger partial charge in [-0.2, -0.15) is 0 Å². The van der Waals surface area contributed by atoms with Gasteiger partial charge in [0.1, 0.15) is 0 Å². The van der Waals surface area contributed by atoms with Gasteiger partial charge in [0.25, 0.3) is 0 Å². The summed E-state index contributed by atoms with van der Waals surface area (Å²) >= 11 is 0. The Balaban J connectivity index is 2.29. The highest BCUT2D eigenvalue weighted by Gasteiger charge is 2.26. The topological polar surface area (TPSA) is 40.5 Å². The van der Waals surface area contributed by atoms with Crippen molar-refractivity contribution in [3.63, 3.8) is 0 Å². The van der Waals surface area contributed by atoms with Crippen molar-refractivity contribution in [2.75, 3.05) is 0 Å². The highest BCUT2D eigenvalue weighted by Crippen LogP contribution is 2.28. The van der Waals surface area contributed by atoms with Gasteiger partial charge < -0.3 is 5.11 Å². The minimum Gasteiger partial charge on any atom is -0.481 e. The van der Waals surface area contributed by atoms with Gasteiger partial charge in [-0.1, -0.05) is 80.4 Å². The molecular formula is C22H29NO2. The molecule has 0 aliphatic rings. The number of benzene rings is 2. The zero-order chi connectivity index (χ0) is 18.1. The maximum absolute atomic E-state index is 11.5. The molecule has 2 rings (SSSR count). The minimum atomic E-state index is -0.723. The Hall–Kier alpha value is -2.13. The van der Waals surface area contributed by atoms with Crippen molar-refractivity contribution < 1.29 is 9.90 Å². The lowest BCUT2D eigenvalue weighted by molar-refractivity contribution is -0.138. The van der Waals surface area contributed by atoms with Crippen LogP contribution in [0.2, 0.25) is 0 Å². The predicted octanol–water partition coefficient (Wildman–Crippen LogP) is 5.28. The van der Waals surface area contributed by atoms with Crippen LogP contribution in [0, 0.1) is 0 Å². The molecule has 2 atom stereocenters. The molecule has 0 amide bonds. The fourth-order valence-electron chi connectivity index (χ4n) is 3.33. The fraction of sp³-hybridized carbons (Fsp3) is 0.409. The maximum Gasteiger partial charge on any atom is 0.304 e. The van der Waals surface area contributed by atoms with Crippen molar-refractivity contribution in [1.82, 2.24) is 4.90 Å². The maximum atomic E-state index is 11.5. The zero-order valence-corrected chi connectivity index (χ0v) is 15.3. The van der Waals surface area contributed by atoms with Gasteiger partial charge in [0.2, 0.25) is 0 Å². The third-order valence-electron chi connectivity index (χ3n) is 4.76. The molecule has 0 bridgehead atoms.